The number of unbranched alkanes of at least 4 members (excludes halogenated alkanes) is 6. The van der Waals surface area contributed by atoms with Crippen LogP contribution in [0, 0.1) is 10.1 Å². The molecule has 0 spiro atoms. The lowest BCUT2D eigenvalue weighted by molar-refractivity contribution is -0.384. The molecule has 0 aliphatic heterocycles. The molecule has 0 bridgehead atoms. The number of hydrogen-bond acceptors (Lipinski definition) is 3. The van der Waals surface area contributed by atoms with Crippen LogP contribution < -0.4 is 5.32 Å². The van der Waals surface area contributed by atoms with Crippen LogP contribution in [0.3, 0.4) is 0 Å². The average Bonchev–Trinajstić information content (AvgIpc) is 2.60. The lowest BCUT2D eigenvalue weighted by Gasteiger charge is -2.13. The van der Waals surface area contributed by atoms with E-state index in [1.54, 1.807) is 19.1 Å². The first-order valence-electron chi connectivity index (χ1n) is 9.67. The molecule has 0 aromatic heterocycles. The summed E-state index contributed by atoms with van der Waals surface area (Å²) in [6, 6.07) is 6.47. The minimum atomic E-state index is -0.429. The third kappa shape index (κ3) is 8.79. The Kier molecular flexibility index (Phi) is 10.3. The molecule has 0 aliphatic rings. The number of carbonyl (C=O) groups excluding carboxylic acids is 1. The first-order chi connectivity index (χ1) is 12.4. The van der Waals surface area contributed by atoms with Gasteiger partial charge in [0.25, 0.3) is 5.69 Å². The predicted molar refractivity (Wildman–Crippen MR) is 107 cm³/mol. The minimum Gasteiger partial charge on any atom is -0.350 e. The lowest BCUT2D eigenvalue weighted by atomic mass is 10.0. The Bertz CT molecular complexity index is 611. The van der Waals surface area contributed by atoms with E-state index in [0.717, 1.165) is 12.8 Å². The van der Waals surface area contributed by atoms with E-state index in [-0.39, 0.29) is 17.6 Å². The highest BCUT2D eigenvalue weighted by atomic mass is 16.6. The fraction of sp³-hybridized carbons (Fsp3) is 0.571. The number of nitrogens with zero attached hydrogens (tertiary/aromatic N) is 1. The molecule has 0 saturated carbocycles. The maximum atomic E-state index is 12.1. The summed E-state index contributed by atoms with van der Waals surface area (Å²) in [5, 5.41) is 13.8. The van der Waals surface area contributed by atoms with Gasteiger partial charge in [-0.1, -0.05) is 64.0 Å². The van der Waals surface area contributed by atoms with Crippen LogP contribution in [-0.2, 0) is 4.79 Å². The SMILES string of the molecule is CCCCCCCCCC(C)NC(=O)C=C(C)c1cccc([N+](=O)[O-])c1. The average molecular weight is 360 g/mol. The summed E-state index contributed by atoms with van der Waals surface area (Å²) in [5.74, 6) is -0.149. The Hall–Kier alpha value is -2.17. The third-order valence-electron chi connectivity index (χ3n) is 4.49. The normalized spacial score (nSPS) is 12.7. The number of amides is 1. The summed E-state index contributed by atoms with van der Waals surface area (Å²) in [4.78, 5) is 22.6. The molecule has 0 saturated heterocycles. The van der Waals surface area contributed by atoms with Gasteiger partial charge in [0.15, 0.2) is 0 Å². The van der Waals surface area contributed by atoms with Crippen LogP contribution in [0.15, 0.2) is 30.3 Å². The first-order valence-corrected chi connectivity index (χ1v) is 9.67. The van der Waals surface area contributed by atoms with Crippen LogP contribution in [0.4, 0.5) is 5.69 Å². The molecule has 0 aliphatic carbocycles. The van der Waals surface area contributed by atoms with Crippen molar-refractivity contribution in [2.45, 2.75) is 78.2 Å². The van der Waals surface area contributed by atoms with Crippen molar-refractivity contribution in [1.82, 2.24) is 5.32 Å². The highest BCUT2D eigenvalue weighted by Crippen LogP contribution is 2.19. The number of hydrogen-bond donors (Lipinski definition) is 1. The van der Waals surface area contributed by atoms with E-state index in [2.05, 4.69) is 12.2 Å². The molecule has 1 amide bonds. The van der Waals surface area contributed by atoms with Crippen molar-refractivity contribution < 1.29 is 9.72 Å². The highest BCUT2D eigenvalue weighted by molar-refractivity contribution is 5.95. The fourth-order valence-electron chi connectivity index (χ4n) is 2.91. The molecular weight excluding hydrogens is 328 g/mol. The summed E-state index contributed by atoms with van der Waals surface area (Å²) in [6.45, 7) is 6.03. The smallest absolute Gasteiger partial charge is 0.270 e. The maximum Gasteiger partial charge on any atom is 0.270 e. The van der Waals surface area contributed by atoms with Gasteiger partial charge in [-0.15, -0.1) is 0 Å². The van der Waals surface area contributed by atoms with E-state index in [1.165, 1.54) is 56.7 Å². The summed E-state index contributed by atoms with van der Waals surface area (Å²) in [7, 11) is 0. The van der Waals surface area contributed by atoms with Crippen molar-refractivity contribution in [2.24, 2.45) is 0 Å². The van der Waals surface area contributed by atoms with Gasteiger partial charge in [-0.25, -0.2) is 0 Å². The summed E-state index contributed by atoms with van der Waals surface area (Å²) in [5.41, 5.74) is 1.44. The number of rotatable bonds is 12. The second-order valence-electron chi connectivity index (χ2n) is 6.95. The molecule has 1 aromatic carbocycles. The summed E-state index contributed by atoms with van der Waals surface area (Å²) < 4.78 is 0. The molecule has 1 atom stereocenters. The van der Waals surface area contributed by atoms with Crippen molar-refractivity contribution in [2.75, 3.05) is 0 Å². The Morgan fingerprint density at radius 1 is 1.19 bits per heavy atom. The van der Waals surface area contributed by atoms with E-state index in [9.17, 15) is 14.9 Å². The van der Waals surface area contributed by atoms with Crippen molar-refractivity contribution in [3.8, 4) is 0 Å². The Labute approximate surface area is 157 Å². The molecule has 1 unspecified atom stereocenters. The van der Waals surface area contributed by atoms with Crippen LogP contribution in [-0.4, -0.2) is 16.9 Å². The van der Waals surface area contributed by atoms with Gasteiger partial charge < -0.3 is 5.32 Å². The molecule has 0 heterocycles. The van der Waals surface area contributed by atoms with Gasteiger partial charge >= 0.3 is 0 Å². The first kappa shape index (κ1) is 21.9. The number of nitrogens with one attached hydrogen (secondary N) is 1. The fourth-order valence-corrected chi connectivity index (χ4v) is 2.91. The third-order valence-corrected chi connectivity index (χ3v) is 4.49. The van der Waals surface area contributed by atoms with E-state index in [1.807, 2.05) is 6.92 Å². The molecule has 26 heavy (non-hydrogen) atoms. The Balaban J connectivity index is 2.38. The second kappa shape index (κ2) is 12.2. The number of carbonyl (C=O) groups is 1. The van der Waals surface area contributed by atoms with Crippen molar-refractivity contribution in [3.63, 3.8) is 0 Å². The van der Waals surface area contributed by atoms with Gasteiger partial charge in [-0.2, -0.15) is 0 Å². The number of non-ortho nitro benzene ring substituents is 1. The second-order valence-corrected chi connectivity index (χ2v) is 6.95. The minimum absolute atomic E-state index is 0.0305. The predicted octanol–water partition coefficient (Wildman–Crippen LogP) is 5.64. The summed E-state index contributed by atoms with van der Waals surface area (Å²) >= 11 is 0. The van der Waals surface area contributed by atoms with Gasteiger partial charge in [-0.05, 0) is 31.4 Å². The molecule has 5 heteroatoms. The molecule has 1 N–H and O–H groups in total. The van der Waals surface area contributed by atoms with E-state index in [4.69, 9.17) is 0 Å². The zero-order chi connectivity index (χ0) is 19.4. The van der Waals surface area contributed by atoms with Gasteiger partial charge in [-0.3, -0.25) is 14.9 Å². The molecule has 5 nitrogen and oxygen atoms in total. The molecular formula is C21H32N2O3. The van der Waals surface area contributed by atoms with Crippen LogP contribution in [0.25, 0.3) is 5.57 Å². The highest BCUT2D eigenvalue weighted by Gasteiger charge is 2.09. The summed E-state index contributed by atoms with van der Waals surface area (Å²) in [6.07, 6.45) is 11.3. The van der Waals surface area contributed by atoms with E-state index >= 15 is 0 Å². The lowest BCUT2D eigenvalue weighted by Crippen LogP contribution is -2.31. The van der Waals surface area contributed by atoms with Gasteiger partial charge in [0.2, 0.25) is 5.91 Å². The van der Waals surface area contributed by atoms with Crippen LogP contribution in [0.2, 0.25) is 0 Å². The van der Waals surface area contributed by atoms with E-state index in [0.29, 0.717) is 11.1 Å². The molecule has 0 radical (unpaired) electrons. The van der Waals surface area contributed by atoms with E-state index < -0.39 is 4.92 Å². The molecule has 144 valence electrons. The van der Waals surface area contributed by atoms with Gasteiger partial charge in [0.05, 0.1) is 4.92 Å². The standard InChI is InChI=1S/C21H32N2O3/c1-4-5-6-7-8-9-10-12-18(3)22-21(24)15-17(2)19-13-11-14-20(16-19)23(25)26/h11,13-16,18H,4-10,12H2,1-3H3,(H,22,24). The number of allylic oxidation sites excluding steroid dienone is 1. The quantitative estimate of drug-likeness (QED) is 0.227. The largest absolute Gasteiger partial charge is 0.350 e. The molecule has 1 aromatic rings. The molecule has 0 fully saturated rings. The molecule has 1 rings (SSSR count). The maximum absolute atomic E-state index is 12.1. The Morgan fingerprint density at radius 2 is 1.85 bits per heavy atom. The number of benzene rings is 1. The van der Waals surface area contributed by atoms with Crippen LogP contribution in [0.1, 0.15) is 77.7 Å². The Morgan fingerprint density at radius 3 is 2.50 bits per heavy atom. The monoisotopic (exact) mass is 360 g/mol. The van der Waals surface area contributed by atoms with Crippen molar-refractivity contribution >= 4 is 17.2 Å². The number of nitro groups is 1. The van der Waals surface area contributed by atoms with Crippen molar-refractivity contribution in [1.29, 1.82) is 0 Å². The van der Waals surface area contributed by atoms with Crippen molar-refractivity contribution in [3.05, 3.63) is 46.0 Å². The topological polar surface area (TPSA) is 72.2 Å². The van der Waals surface area contributed by atoms with Crippen LogP contribution in [0.5, 0.6) is 0 Å². The number of nitro benzene ring substituents is 1. The van der Waals surface area contributed by atoms with Gasteiger partial charge in [0.1, 0.15) is 0 Å². The van der Waals surface area contributed by atoms with Crippen LogP contribution >= 0.6 is 0 Å². The van der Waals surface area contributed by atoms with Gasteiger partial charge in [0, 0.05) is 24.3 Å². The zero-order valence-electron chi connectivity index (χ0n) is 16.3. The zero-order valence-corrected chi connectivity index (χ0v) is 16.3.